The van der Waals surface area contributed by atoms with Gasteiger partial charge in [0, 0.05) is 23.7 Å². The molecule has 0 aliphatic carbocycles. The second kappa shape index (κ2) is 9.18. The maximum absolute atomic E-state index is 14.4. The number of likely N-dealkylation sites (tertiary alicyclic amines) is 1. The highest BCUT2D eigenvalue weighted by Gasteiger charge is 2.34. The van der Waals surface area contributed by atoms with Crippen LogP contribution in [0.25, 0.3) is 0 Å². The summed E-state index contributed by atoms with van der Waals surface area (Å²) >= 11 is 5.87. The number of halogens is 2. The highest BCUT2D eigenvalue weighted by Crippen LogP contribution is 2.47. The topological polar surface area (TPSA) is 48.0 Å². The van der Waals surface area contributed by atoms with Crippen molar-refractivity contribution in [1.29, 1.82) is 0 Å². The van der Waals surface area contributed by atoms with Crippen LogP contribution in [0.4, 0.5) is 9.18 Å². The van der Waals surface area contributed by atoms with Gasteiger partial charge in [-0.15, -0.1) is 0 Å². The first-order chi connectivity index (χ1) is 15.3. The van der Waals surface area contributed by atoms with E-state index >= 15 is 0 Å². The van der Waals surface area contributed by atoms with E-state index in [0.29, 0.717) is 35.2 Å². The van der Waals surface area contributed by atoms with Crippen LogP contribution in [-0.4, -0.2) is 29.7 Å². The number of nitrogens with zero attached hydrogens (tertiary/aromatic N) is 1. The largest absolute Gasteiger partial charge is 0.447 e. The maximum atomic E-state index is 14.4. The average Bonchev–Trinajstić information content (AvgIpc) is 3.17. The van der Waals surface area contributed by atoms with E-state index in [1.807, 2.05) is 32.0 Å². The van der Waals surface area contributed by atoms with Gasteiger partial charge in [-0.2, -0.15) is 0 Å². The maximum Gasteiger partial charge on any atom is 0.410 e. The third-order valence-corrected chi connectivity index (χ3v) is 6.33. The SMILES string of the molecule is CCCC(C)(C)OC(=O)N1CCC(c2cccc3c2O[C@@H](c2ccc(Cl)cc2F)O3)CC1. The normalized spacial score (nSPS) is 18.7. The van der Waals surface area contributed by atoms with Crippen LogP contribution in [0.15, 0.2) is 36.4 Å². The monoisotopic (exact) mass is 461 g/mol. The van der Waals surface area contributed by atoms with Gasteiger partial charge in [-0.25, -0.2) is 9.18 Å². The Morgan fingerprint density at radius 3 is 2.62 bits per heavy atom. The van der Waals surface area contributed by atoms with Gasteiger partial charge in [0.25, 0.3) is 6.29 Å². The van der Waals surface area contributed by atoms with Gasteiger partial charge in [-0.05, 0) is 63.3 Å². The minimum Gasteiger partial charge on any atom is -0.447 e. The number of hydrogen-bond donors (Lipinski definition) is 0. The summed E-state index contributed by atoms with van der Waals surface area (Å²) in [4.78, 5) is 14.4. The van der Waals surface area contributed by atoms with Gasteiger partial charge in [-0.1, -0.05) is 37.1 Å². The summed E-state index contributed by atoms with van der Waals surface area (Å²) in [6.07, 6.45) is 2.28. The molecule has 1 saturated heterocycles. The van der Waals surface area contributed by atoms with Crippen molar-refractivity contribution in [2.24, 2.45) is 0 Å². The lowest BCUT2D eigenvalue weighted by Gasteiger charge is -2.34. The molecular formula is C25H29ClFNO4. The number of amides is 1. The Hall–Kier alpha value is -2.47. The minimum absolute atomic E-state index is 0.218. The van der Waals surface area contributed by atoms with Gasteiger partial charge in [-0.3, -0.25) is 0 Å². The fourth-order valence-electron chi connectivity index (χ4n) is 4.47. The molecule has 0 bridgehead atoms. The molecule has 2 aliphatic rings. The Morgan fingerprint density at radius 2 is 1.94 bits per heavy atom. The summed E-state index contributed by atoms with van der Waals surface area (Å²) < 4.78 is 32.0. The minimum atomic E-state index is -0.848. The zero-order valence-corrected chi connectivity index (χ0v) is 19.5. The lowest BCUT2D eigenvalue weighted by molar-refractivity contribution is 0.00434. The fourth-order valence-corrected chi connectivity index (χ4v) is 4.63. The van der Waals surface area contributed by atoms with Crippen LogP contribution in [0, 0.1) is 5.82 Å². The molecule has 1 amide bonds. The van der Waals surface area contributed by atoms with E-state index in [9.17, 15) is 9.18 Å². The van der Waals surface area contributed by atoms with Crippen LogP contribution in [0.3, 0.4) is 0 Å². The number of hydrogen-bond acceptors (Lipinski definition) is 4. The summed E-state index contributed by atoms with van der Waals surface area (Å²) in [5.74, 6) is 1.01. The highest BCUT2D eigenvalue weighted by atomic mass is 35.5. The third kappa shape index (κ3) is 4.80. The first kappa shape index (κ1) is 22.7. The molecule has 32 heavy (non-hydrogen) atoms. The average molecular weight is 462 g/mol. The van der Waals surface area contributed by atoms with Crippen LogP contribution in [0.1, 0.15) is 69.8 Å². The molecule has 1 atom stereocenters. The number of carbonyl (C=O) groups is 1. The van der Waals surface area contributed by atoms with Crippen molar-refractivity contribution in [2.75, 3.05) is 13.1 Å². The number of benzene rings is 2. The second-order valence-corrected chi connectivity index (χ2v) is 9.48. The Balaban J connectivity index is 1.42. The lowest BCUT2D eigenvalue weighted by atomic mass is 9.89. The molecular weight excluding hydrogens is 433 g/mol. The molecule has 2 aromatic rings. The number of para-hydroxylation sites is 1. The van der Waals surface area contributed by atoms with Crippen molar-refractivity contribution in [3.05, 3.63) is 58.4 Å². The number of ether oxygens (including phenoxy) is 3. The molecule has 5 nitrogen and oxygen atoms in total. The molecule has 7 heteroatoms. The van der Waals surface area contributed by atoms with Crippen molar-refractivity contribution in [3.63, 3.8) is 0 Å². The van der Waals surface area contributed by atoms with Gasteiger partial charge in [0.1, 0.15) is 11.4 Å². The second-order valence-electron chi connectivity index (χ2n) is 9.05. The number of piperidine rings is 1. The fraction of sp³-hybridized carbons (Fsp3) is 0.480. The number of rotatable bonds is 5. The predicted molar refractivity (Wildman–Crippen MR) is 121 cm³/mol. The first-order valence-corrected chi connectivity index (χ1v) is 11.5. The molecule has 0 saturated carbocycles. The van der Waals surface area contributed by atoms with Crippen molar-refractivity contribution in [3.8, 4) is 11.5 Å². The molecule has 0 unspecified atom stereocenters. The number of carbonyl (C=O) groups excluding carboxylic acids is 1. The van der Waals surface area contributed by atoms with Crippen molar-refractivity contribution >= 4 is 17.7 Å². The van der Waals surface area contributed by atoms with E-state index in [2.05, 4.69) is 6.92 Å². The Morgan fingerprint density at radius 1 is 1.19 bits per heavy atom. The number of fused-ring (bicyclic) bond motifs is 1. The zero-order chi connectivity index (χ0) is 22.9. The summed E-state index contributed by atoms with van der Waals surface area (Å²) in [5, 5.41) is 0.325. The van der Waals surface area contributed by atoms with Gasteiger partial charge in [0.15, 0.2) is 11.5 Å². The summed E-state index contributed by atoms with van der Waals surface area (Å²) in [6, 6.07) is 10.2. The molecule has 2 heterocycles. The van der Waals surface area contributed by atoms with E-state index in [1.54, 1.807) is 17.0 Å². The van der Waals surface area contributed by atoms with Crippen molar-refractivity contribution in [1.82, 2.24) is 4.90 Å². The molecule has 4 rings (SSSR count). The predicted octanol–water partition coefficient (Wildman–Crippen LogP) is 6.84. The Kier molecular flexibility index (Phi) is 6.52. The van der Waals surface area contributed by atoms with Gasteiger partial charge in [0.05, 0.1) is 5.56 Å². The van der Waals surface area contributed by atoms with Crippen LogP contribution < -0.4 is 9.47 Å². The van der Waals surface area contributed by atoms with E-state index in [1.165, 1.54) is 6.07 Å². The molecule has 0 radical (unpaired) electrons. The van der Waals surface area contributed by atoms with Gasteiger partial charge >= 0.3 is 6.09 Å². The lowest BCUT2D eigenvalue weighted by Crippen LogP contribution is -2.42. The summed E-state index contributed by atoms with van der Waals surface area (Å²) in [7, 11) is 0. The Labute approximate surface area is 193 Å². The molecule has 2 aliphatic heterocycles. The quantitative estimate of drug-likeness (QED) is 0.488. The highest BCUT2D eigenvalue weighted by molar-refractivity contribution is 6.30. The Bertz CT molecular complexity index is 988. The molecule has 172 valence electrons. The summed E-state index contributed by atoms with van der Waals surface area (Å²) in [5.41, 5.74) is 0.877. The van der Waals surface area contributed by atoms with Gasteiger partial charge < -0.3 is 19.1 Å². The van der Waals surface area contributed by atoms with Crippen LogP contribution in [0.2, 0.25) is 5.02 Å². The van der Waals surface area contributed by atoms with Crippen LogP contribution in [-0.2, 0) is 4.74 Å². The molecule has 0 N–H and O–H groups in total. The standard InChI is InChI=1S/C25H29ClFNO4/c1-4-12-25(2,3)32-24(29)28-13-10-16(11-14-28)18-6-5-7-21-22(18)31-23(30-21)19-9-8-17(26)15-20(19)27/h5-9,15-16,23H,4,10-14H2,1-3H3/t23-/m0/s1. The molecule has 2 aromatic carbocycles. The van der Waals surface area contributed by atoms with Gasteiger partial charge in [0.2, 0.25) is 0 Å². The van der Waals surface area contributed by atoms with Crippen LogP contribution >= 0.6 is 11.6 Å². The summed E-state index contributed by atoms with van der Waals surface area (Å²) in [6.45, 7) is 7.21. The van der Waals surface area contributed by atoms with E-state index < -0.39 is 17.7 Å². The zero-order valence-electron chi connectivity index (χ0n) is 18.7. The third-order valence-electron chi connectivity index (χ3n) is 6.09. The van der Waals surface area contributed by atoms with E-state index in [0.717, 1.165) is 31.2 Å². The first-order valence-electron chi connectivity index (χ1n) is 11.2. The molecule has 1 fully saturated rings. The van der Waals surface area contributed by atoms with E-state index in [-0.39, 0.29) is 12.0 Å². The van der Waals surface area contributed by atoms with Crippen molar-refractivity contribution < 1.29 is 23.4 Å². The smallest absolute Gasteiger partial charge is 0.410 e. The van der Waals surface area contributed by atoms with Crippen LogP contribution in [0.5, 0.6) is 11.5 Å². The van der Waals surface area contributed by atoms with Crippen molar-refractivity contribution in [2.45, 2.75) is 64.3 Å². The van der Waals surface area contributed by atoms with E-state index in [4.69, 9.17) is 25.8 Å². The molecule has 0 aromatic heterocycles. The molecule has 0 spiro atoms.